The molecule has 98 valence electrons. The summed E-state index contributed by atoms with van der Waals surface area (Å²) in [5, 5.41) is 2.42. The number of carbonyl (C=O) groups is 2. The normalized spacial score (nSPS) is 11.8. The predicted molar refractivity (Wildman–Crippen MR) is 68.5 cm³/mol. The molecule has 4 nitrogen and oxygen atoms in total. The van der Waals surface area contributed by atoms with Crippen LogP contribution in [0.25, 0.3) is 0 Å². The number of nitrogens with one attached hydrogen (secondary N) is 1. The Bertz CT molecular complexity index is 468. The first-order valence-electron chi connectivity index (χ1n) is 4.91. The lowest BCUT2D eigenvalue weighted by molar-refractivity contribution is -0.139. The van der Waals surface area contributed by atoms with Crippen LogP contribution in [0, 0.1) is 11.6 Å². The third kappa shape index (κ3) is 3.90. The lowest BCUT2D eigenvalue weighted by Gasteiger charge is -2.09. The molecule has 18 heavy (non-hydrogen) atoms. The summed E-state index contributed by atoms with van der Waals surface area (Å²) in [6.45, 7) is 0.0467. The number of esters is 1. The molecule has 1 aromatic carbocycles. The Hall–Kier alpha value is -1.25. The van der Waals surface area contributed by atoms with Crippen LogP contribution in [-0.4, -0.2) is 29.5 Å². The highest BCUT2D eigenvalue weighted by molar-refractivity contribution is 14.1. The quantitative estimate of drug-likeness (QED) is 0.499. The average Bonchev–Trinajstić information content (AvgIpc) is 2.37. The maximum atomic E-state index is 12.9. The van der Waals surface area contributed by atoms with E-state index in [-0.39, 0.29) is 12.1 Å². The fraction of sp³-hybridized carbons (Fsp3) is 0.273. The van der Waals surface area contributed by atoms with Crippen molar-refractivity contribution in [3.05, 3.63) is 35.4 Å². The molecule has 0 spiro atoms. The van der Waals surface area contributed by atoms with E-state index in [1.807, 2.05) is 22.6 Å². The molecule has 0 aliphatic rings. The zero-order valence-electron chi connectivity index (χ0n) is 9.38. The molecule has 0 saturated carbocycles. The van der Waals surface area contributed by atoms with Crippen LogP contribution in [0.2, 0.25) is 0 Å². The Morgan fingerprint density at radius 2 is 2.06 bits per heavy atom. The van der Waals surface area contributed by atoms with Crippen LogP contribution in [0.3, 0.4) is 0 Å². The van der Waals surface area contributed by atoms with E-state index in [4.69, 9.17) is 0 Å². The van der Waals surface area contributed by atoms with Crippen molar-refractivity contribution >= 4 is 34.5 Å². The van der Waals surface area contributed by atoms with Crippen molar-refractivity contribution < 1.29 is 23.1 Å². The standard InChI is InChI=1S/C11H10F2INO3/c1-18-11(17)9(14)5-15-10(16)6-2-3-7(12)8(13)4-6/h2-4,9H,5H2,1H3,(H,15,16). The van der Waals surface area contributed by atoms with Gasteiger partial charge < -0.3 is 10.1 Å². The molecule has 1 N–H and O–H groups in total. The van der Waals surface area contributed by atoms with Crippen molar-refractivity contribution in [3.8, 4) is 0 Å². The Labute approximate surface area is 116 Å². The Morgan fingerprint density at radius 1 is 1.39 bits per heavy atom. The average molecular weight is 369 g/mol. The van der Waals surface area contributed by atoms with Gasteiger partial charge in [0.05, 0.1) is 7.11 Å². The molecule has 7 heteroatoms. The Balaban J connectivity index is 2.60. The van der Waals surface area contributed by atoms with E-state index in [0.29, 0.717) is 0 Å². The molecule has 0 heterocycles. The van der Waals surface area contributed by atoms with Crippen LogP contribution < -0.4 is 5.32 Å². The SMILES string of the molecule is COC(=O)C(I)CNC(=O)c1ccc(F)c(F)c1. The van der Waals surface area contributed by atoms with Crippen molar-refractivity contribution in [1.82, 2.24) is 5.32 Å². The van der Waals surface area contributed by atoms with Crippen molar-refractivity contribution in [1.29, 1.82) is 0 Å². The van der Waals surface area contributed by atoms with Gasteiger partial charge in [0.15, 0.2) is 11.6 Å². The lowest BCUT2D eigenvalue weighted by Crippen LogP contribution is -2.33. The molecular weight excluding hydrogens is 359 g/mol. The Kier molecular flexibility index (Phi) is 5.45. The monoisotopic (exact) mass is 369 g/mol. The zero-order chi connectivity index (χ0) is 13.7. The second kappa shape index (κ2) is 6.62. The number of hydrogen-bond acceptors (Lipinski definition) is 3. The third-order valence-electron chi connectivity index (χ3n) is 2.08. The Morgan fingerprint density at radius 3 is 2.61 bits per heavy atom. The largest absolute Gasteiger partial charge is 0.468 e. The van der Waals surface area contributed by atoms with Gasteiger partial charge in [-0.05, 0) is 18.2 Å². The second-order valence-corrected chi connectivity index (χ2v) is 4.83. The smallest absolute Gasteiger partial charge is 0.320 e. The fourth-order valence-corrected chi connectivity index (χ4v) is 1.61. The molecule has 0 aliphatic heterocycles. The van der Waals surface area contributed by atoms with Gasteiger partial charge in [-0.25, -0.2) is 8.78 Å². The number of alkyl halides is 1. The number of hydrogen-bond donors (Lipinski definition) is 1. The molecule has 1 atom stereocenters. The summed E-state index contributed by atoms with van der Waals surface area (Å²) in [4.78, 5) is 22.6. The number of amides is 1. The van der Waals surface area contributed by atoms with Crippen LogP contribution in [0.15, 0.2) is 18.2 Å². The van der Waals surface area contributed by atoms with E-state index < -0.39 is 27.4 Å². The summed E-state index contributed by atoms with van der Waals surface area (Å²) in [7, 11) is 1.24. The van der Waals surface area contributed by atoms with Gasteiger partial charge in [-0.2, -0.15) is 0 Å². The van der Waals surface area contributed by atoms with E-state index in [9.17, 15) is 18.4 Å². The molecule has 0 aromatic heterocycles. The molecule has 1 aromatic rings. The molecule has 1 unspecified atom stereocenters. The molecule has 1 amide bonds. The minimum atomic E-state index is -1.10. The topological polar surface area (TPSA) is 55.4 Å². The number of halogens is 3. The van der Waals surface area contributed by atoms with Gasteiger partial charge in [0.25, 0.3) is 5.91 Å². The third-order valence-corrected chi connectivity index (χ3v) is 3.03. The minimum absolute atomic E-state index is 0.0117. The maximum absolute atomic E-state index is 12.9. The molecule has 0 saturated heterocycles. The summed E-state index contributed by atoms with van der Waals surface area (Å²) in [6, 6.07) is 2.82. The summed E-state index contributed by atoms with van der Waals surface area (Å²) in [5.41, 5.74) is -0.0117. The lowest BCUT2D eigenvalue weighted by atomic mass is 10.2. The number of carbonyl (C=O) groups excluding carboxylic acids is 2. The number of ether oxygens (including phenoxy) is 1. The van der Waals surface area contributed by atoms with Crippen LogP contribution in [0.4, 0.5) is 8.78 Å². The zero-order valence-corrected chi connectivity index (χ0v) is 11.5. The van der Waals surface area contributed by atoms with Gasteiger partial charge in [-0.3, -0.25) is 9.59 Å². The number of rotatable bonds is 4. The van der Waals surface area contributed by atoms with Gasteiger partial charge in [0.2, 0.25) is 0 Å². The van der Waals surface area contributed by atoms with Crippen LogP contribution in [0.5, 0.6) is 0 Å². The van der Waals surface area contributed by atoms with Crippen LogP contribution >= 0.6 is 22.6 Å². The van der Waals surface area contributed by atoms with Gasteiger partial charge in [-0.1, -0.05) is 22.6 Å². The van der Waals surface area contributed by atoms with Gasteiger partial charge >= 0.3 is 5.97 Å². The summed E-state index contributed by atoms with van der Waals surface area (Å²) >= 11 is 1.81. The molecular formula is C11H10F2INO3. The van der Waals surface area contributed by atoms with Crippen LogP contribution in [0.1, 0.15) is 10.4 Å². The minimum Gasteiger partial charge on any atom is -0.468 e. The van der Waals surface area contributed by atoms with Gasteiger partial charge in [-0.15, -0.1) is 0 Å². The van der Waals surface area contributed by atoms with Crippen molar-refractivity contribution in [2.75, 3.05) is 13.7 Å². The maximum Gasteiger partial charge on any atom is 0.320 e. The van der Waals surface area contributed by atoms with E-state index in [1.54, 1.807) is 0 Å². The second-order valence-electron chi connectivity index (χ2n) is 3.33. The van der Waals surface area contributed by atoms with E-state index in [1.165, 1.54) is 7.11 Å². The van der Waals surface area contributed by atoms with Crippen molar-refractivity contribution in [3.63, 3.8) is 0 Å². The first-order chi connectivity index (χ1) is 8.45. The highest BCUT2D eigenvalue weighted by atomic mass is 127. The summed E-state index contributed by atoms with van der Waals surface area (Å²) in [6.07, 6.45) is 0. The first-order valence-corrected chi connectivity index (χ1v) is 6.15. The van der Waals surface area contributed by atoms with E-state index in [0.717, 1.165) is 18.2 Å². The number of methoxy groups -OCH3 is 1. The van der Waals surface area contributed by atoms with Gasteiger partial charge in [0.1, 0.15) is 3.92 Å². The van der Waals surface area contributed by atoms with Gasteiger partial charge in [0, 0.05) is 12.1 Å². The molecule has 0 bridgehead atoms. The van der Waals surface area contributed by atoms with E-state index in [2.05, 4.69) is 10.1 Å². The first kappa shape index (κ1) is 14.8. The molecule has 1 rings (SSSR count). The molecule has 0 aliphatic carbocycles. The summed E-state index contributed by atoms with van der Waals surface area (Å²) in [5.74, 6) is -3.17. The molecule has 0 radical (unpaired) electrons. The van der Waals surface area contributed by atoms with Crippen molar-refractivity contribution in [2.45, 2.75) is 3.92 Å². The van der Waals surface area contributed by atoms with E-state index >= 15 is 0 Å². The summed E-state index contributed by atoms with van der Waals surface area (Å²) < 4.78 is 29.5. The molecule has 0 fully saturated rings. The highest BCUT2D eigenvalue weighted by Gasteiger charge is 2.17. The predicted octanol–water partition coefficient (Wildman–Crippen LogP) is 1.67. The highest BCUT2D eigenvalue weighted by Crippen LogP contribution is 2.09. The fourth-order valence-electron chi connectivity index (χ4n) is 1.13. The van der Waals surface area contributed by atoms with Crippen LogP contribution in [-0.2, 0) is 9.53 Å². The number of benzene rings is 1. The van der Waals surface area contributed by atoms with Crippen molar-refractivity contribution in [2.24, 2.45) is 0 Å².